The highest BCUT2D eigenvalue weighted by Crippen LogP contribution is 2.26. The van der Waals surface area contributed by atoms with Crippen molar-refractivity contribution in [1.29, 1.82) is 0 Å². The first-order valence-corrected chi connectivity index (χ1v) is 10.1. The van der Waals surface area contributed by atoms with Crippen LogP contribution in [0.5, 0.6) is 0 Å². The molecule has 1 aromatic heterocycles. The number of nitrogens with one attached hydrogen (secondary N) is 1. The molecule has 3 rings (SSSR count). The third-order valence-corrected chi connectivity index (χ3v) is 5.59. The first kappa shape index (κ1) is 20.6. The maximum Gasteiger partial charge on any atom is 0.255 e. The van der Waals surface area contributed by atoms with E-state index in [1.165, 1.54) is 0 Å². The van der Waals surface area contributed by atoms with E-state index in [1.807, 2.05) is 31.2 Å². The van der Waals surface area contributed by atoms with Gasteiger partial charge >= 0.3 is 0 Å². The molecule has 1 atom stereocenters. The predicted molar refractivity (Wildman–Crippen MR) is 117 cm³/mol. The molecule has 0 bridgehead atoms. The standard InChI is InChI=1S/C21H18BrCl2N3O/c1-3-5-20(14-6-4-7-15(22)10-14)26-21(28)17-12-25-27(13(17)2)16-8-9-18(23)19(24)11-16/h3-4,6-12,20H,1,5H2,2H3,(H,26,28)/t20-/m0/s1. The van der Waals surface area contributed by atoms with Gasteiger partial charge in [0, 0.05) is 4.47 Å². The van der Waals surface area contributed by atoms with Crippen molar-refractivity contribution < 1.29 is 4.79 Å². The van der Waals surface area contributed by atoms with Crippen LogP contribution in [0.25, 0.3) is 5.69 Å². The Morgan fingerprint density at radius 1 is 1.29 bits per heavy atom. The van der Waals surface area contributed by atoms with Gasteiger partial charge in [-0.2, -0.15) is 5.10 Å². The van der Waals surface area contributed by atoms with E-state index in [9.17, 15) is 4.79 Å². The predicted octanol–water partition coefficient (Wildman–Crippen LogP) is 6.30. The Morgan fingerprint density at radius 3 is 2.75 bits per heavy atom. The number of carbonyl (C=O) groups excluding carboxylic acids is 1. The van der Waals surface area contributed by atoms with Crippen molar-refractivity contribution in [3.63, 3.8) is 0 Å². The number of carbonyl (C=O) groups is 1. The number of halogens is 3. The molecule has 0 spiro atoms. The fourth-order valence-corrected chi connectivity index (χ4v) is 3.62. The first-order valence-electron chi connectivity index (χ1n) is 8.58. The average molecular weight is 479 g/mol. The van der Waals surface area contributed by atoms with Crippen LogP contribution in [0, 0.1) is 6.92 Å². The lowest BCUT2D eigenvalue weighted by molar-refractivity contribution is 0.0936. The molecule has 7 heteroatoms. The zero-order valence-corrected chi connectivity index (χ0v) is 18.2. The lowest BCUT2D eigenvalue weighted by Gasteiger charge is -2.18. The third-order valence-electron chi connectivity index (χ3n) is 4.36. The summed E-state index contributed by atoms with van der Waals surface area (Å²) in [5.74, 6) is -0.198. The molecule has 0 saturated heterocycles. The van der Waals surface area contributed by atoms with Crippen molar-refractivity contribution in [1.82, 2.24) is 15.1 Å². The Morgan fingerprint density at radius 2 is 2.07 bits per heavy atom. The van der Waals surface area contributed by atoms with Crippen molar-refractivity contribution in [3.05, 3.63) is 92.7 Å². The number of nitrogens with zero attached hydrogens (tertiary/aromatic N) is 2. The number of amides is 1. The van der Waals surface area contributed by atoms with Gasteiger partial charge in [0.05, 0.1) is 39.2 Å². The zero-order valence-electron chi connectivity index (χ0n) is 15.1. The smallest absolute Gasteiger partial charge is 0.255 e. The fraction of sp³-hybridized carbons (Fsp3) is 0.143. The van der Waals surface area contributed by atoms with Crippen molar-refractivity contribution in [2.75, 3.05) is 0 Å². The summed E-state index contributed by atoms with van der Waals surface area (Å²) in [6.07, 6.45) is 3.96. The van der Waals surface area contributed by atoms with Crippen molar-refractivity contribution in [3.8, 4) is 5.69 Å². The Hall–Kier alpha value is -2.08. The Kier molecular flexibility index (Phi) is 6.60. The molecule has 1 N–H and O–H groups in total. The van der Waals surface area contributed by atoms with E-state index in [2.05, 4.69) is 32.9 Å². The molecule has 0 saturated carbocycles. The zero-order chi connectivity index (χ0) is 20.3. The van der Waals surface area contributed by atoms with E-state index in [-0.39, 0.29) is 11.9 Å². The highest BCUT2D eigenvalue weighted by molar-refractivity contribution is 9.10. The summed E-state index contributed by atoms with van der Waals surface area (Å²) >= 11 is 15.6. The van der Waals surface area contributed by atoms with E-state index < -0.39 is 0 Å². The average Bonchev–Trinajstić information content (AvgIpc) is 3.05. The van der Waals surface area contributed by atoms with Gasteiger partial charge in [-0.25, -0.2) is 4.68 Å². The van der Waals surface area contributed by atoms with E-state index in [1.54, 1.807) is 35.2 Å². The summed E-state index contributed by atoms with van der Waals surface area (Å²) in [4.78, 5) is 12.9. The van der Waals surface area contributed by atoms with Gasteiger partial charge < -0.3 is 5.32 Å². The minimum absolute atomic E-state index is 0.185. The Labute approximate surface area is 182 Å². The highest BCUT2D eigenvalue weighted by Gasteiger charge is 2.19. The summed E-state index contributed by atoms with van der Waals surface area (Å²) in [5, 5.41) is 8.32. The van der Waals surface area contributed by atoms with Crippen molar-refractivity contribution in [2.45, 2.75) is 19.4 Å². The topological polar surface area (TPSA) is 46.9 Å². The summed E-state index contributed by atoms with van der Waals surface area (Å²) in [6.45, 7) is 5.64. The SMILES string of the molecule is C=CC[C@H](NC(=O)c1cnn(-c2ccc(Cl)c(Cl)c2)c1C)c1cccc(Br)c1. The second kappa shape index (κ2) is 8.95. The molecular weight excluding hydrogens is 461 g/mol. The van der Waals surface area contributed by atoms with Gasteiger partial charge in [-0.05, 0) is 49.2 Å². The fourth-order valence-electron chi connectivity index (χ4n) is 2.91. The van der Waals surface area contributed by atoms with Gasteiger partial charge in [0.2, 0.25) is 0 Å². The molecule has 0 aliphatic heterocycles. The van der Waals surface area contributed by atoms with Gasteiger partial charge in [-0.15, -0.1) is 6.58 Å². The largest absolute Gasteiger partial charge is 0.345 e. The van der Waals surface area contributed by atoms with Crippen molar-refractivity contribution >= 4 is 45.0 Å². The highest BCUT2D eigenvalue weighted by atomic mass is 79.9. The molecule has 4 nitrogen and oxygen atoms in total. The summed E-state index contributed by atoms with van der Waals surface area (Å²) in [7, 11) is 0. The molecule has 0 fully saturated rings. The van der Waals surface area contributed by atoms with Gasteiger partial charge in [0.1, 0.15) is 0 Å². The van der Waals surface area contributed by atoms with Crippen LogP contribution in [0.2, 0.25) is 10.0 Å². The molecule has 28 heavy (non-hydrogen) atoms. The second-order valence-corrected chi connectivity index (χ2v) is 7.99. The van der Waals surface area contributed by atoms with Crippen LogP contribution in [0.1, 0.15) is 34.1 Å². The molecule has 0 radical (unpaired) electrons. The normalized spacial score (nSPS) is 11.9. The Bertz CT molecular complexity index is 1030. The lowest BCUT2D eigenvalue weighted by atomic mass is 10.0. The van der Waals surface area contributed by atoms with E-state index in [4.69, 9.17) is 23.2 Å². The van der Waals surface area contributed by atoms with Crippen molar-refractivity contribution in [2.24, 2.45) is 0 Å². The van der Waals surface area contributed by atoms with Crippen LogP contribution in [0.15, 0.2) is 65.8 Å². The molecule has 0 unspecified atom stereocenters. The molecule has 1 amide bonds. The maximum absolute atomic E-state index is 12.9. The van der Waals surface area contributed by atoms with E-state index in [0.29, 0.717) is 27.7 Å². The molecule has 3 aromatic rings. The number of aromatic nitrogens is 2. The van der Waals surface area contributed by atoms with Gasteiger partial charge in [-0.3, -0.25) is 4.79 Å². The summed E-state index contributed by atoms with van der Waals surface area (Å²) in [5.41, 5.74) is 2.94. The summed E-state index contributed by atoms with van der Waals surface area (Å²) in [6, 6.07) is 12.9. The number of hydrogen-bond donors (Lipinski definition) is 1. The van der Waals surface area contributed by atoms with Crippen LogP contribution >= 0.6 is 39.1 Å². The molecule has 144 valence electrons. The number of hydrogen-bond acceptors (Lipinski definition) is 2. The van der Waals surface area contributed by atoms with Crippen LogP contribution in [0.4, 0.5) is 0 Å². The monoisotopic (exact) mass is 477 g/mol. The maximum atomic E-state index is 12.9. The molecular formula is C21H18BrCl2N3O. The second-order valence-electron chi connectivity index (χ2n) is 6.26. The number of benzene rings is 2. The minimum Gasteiger partial charge on any atom is -0.345 e. The first-order chi connectivity index (χ1) is 13.4. The Balaban J connectivity index is 1.86. The minimum atomic E-state index is -0.198. The molecule has 1 heterocycles. The van der Waals surface area contributed by atoms with E-state index in [0.717, 1.165) is 15.7 Å². The van der Waals surface area contributed by atoms with Gasteiger partial charge in [0.25, 0.3) is 5.91 Å². The van der Waals surface area contributed by atoms with E-state index >= 15 is 0 Å². The molecule has 0 aliphatic rings. The third kappa shape index (κ3) is 4.49. The van der Waals surface area contributed by atoms with Crippen LogP contribution < -0.4 is 5.32 Å². The van der Waals surface area contributed by atoms with Gasteiger partial charge in [0.15, 0.2) is 0 Å². The summed E-state index contributed by atoms with van der Waals surface area (Å²) < 4.78 is 2.62. The molecule has 0 aliphatic carbocycles. The number of rotatable bonds is 6. The van der Waals surface area contributed by atoms with Crippen LogP contribution in [0.3, 0.4) is 0 Å². The molecule has 2 aromatic carbocycles. The van der Waals surface area contributed by atoms with Crippen LogP contribution in [-0.2, 0) is 0 Å². The van der Waals surface area contributed by atoms with Gasteiger partial charge in [-0.1, -0.05) is 57.3 Å². The quantitative estimate of drug-likeness (QED) is 0.422. The lowest BCUT2D eigenvalue weighted by Crippen LogP contribution is -2.28. The van der Waals surface area contributed by atoms with Crippen LogP contribution in [-0.4, -0.2) is 15.7 Å².